The van der Waals surface area contributed by atoms with Crippen molar-refractivity contribution in [3.8, 4) is 5.75 Å². The third kappa shape index (κ3) is 4.19. The number of hydrogen-bond acceptors (Lipinski definition) is 5. The monoisotopic (exact) mass is 335 g/mol. The summed E-state index contributed by atoms with van der Waals surface area (Å²) in [5.74, 6) is 0.212. The van der Waals surface area contributed by atoms with E-state index in [1.807, 2.05) is 27.7 Å². The van der Waals surface area contributed by atoms with Crippen LogP contribution in [0.5, 0.6) is 5.75 Å². The summed E-state index contributed by atoms with van der Waals surface area (Å²) in [6.07, 6.45) is -0.374. The van der Waals surface area contributed by atoms with Crippen LogP contribution in [-0.2, 0) is 9.47 Å². The number of nitrogens with zero attached hydrogens (tertiary/aromatic N) is 1. The topological polar surface area (TPSA) is 65.1 Å². The molecule has 6 heteroatoms. The summed E-state index contributed by atoms with van der Waals surface area (Å²) in [6.45, 7) is 10.3. The minimum Gasteiger partial charge on any atom is -0.491 e. The highest BCUT2D eigenvalue weighted by molar-refractivity contribution is 5.90. The van der Waals surface area contributed by atoms with Gasteiger partial charge >= 0.3 is 12.1 Å². The first-order valence-corrected chi connectivity index (χ1v) is 8.16. The van der Waals surface area contributed by atoms with Crippen LogP contribution in [0.4, 0.5) is 4.79 Å². The summed E-state index contributed by atoms with van der Waals surface area (Å²) in [5, 5.41) is 0. The molecule has 0 N–H and O–H groups in total. The Labute approximate surface area is 142 Å². The number of carbonyl (C=O) groups excluding carboxylic acids is 2. The smallest absolute Gasteiger partial charge is 0.410 e. The van der Waals surface area contributed by atoms with Crippen molar-refractivity contribution in [2.45, 2.75) is 46.3 Å². The molecule has 0 bridgehead atoms. The number of fused-ring (bicyclic) bond motifs is 1. The highest BCUT2D eigenvalue weighted by Crippen LogP contribution is 2.33. The standard InChI is InChI=1S/C18H25NO5/c1-6-22-16(20)13-7-8-14-12(2)19(9-10-23-15(14)11-13)17(21)24-18(3,4)5/h7-8,11-12H,6,9-10H2,1-5H3/t12-/m1/s1. The summed E-state index contributed by atoms with van der Waals surface area (Å²) in [7, 11) is 0. The maximum Gasteiger partial charge on any atom is 0.410 e. The summed E-state index contributed by atoms with van der Waals surface area (Å²) in [4.78, 5) is 25.9. The van der Waals surface area contributed by atoms with Gasteiger partial charge in [-0.15, -0.1) is 0 Å². The molecule has 1 atom stereocenters. The van der Waals surface area contributed by atoms with E-state index in [2.05, 4.69) is 0 Å². The van der Waals surface area contributed by atoms with Crippen LogP contribution in [0.15, 0.2) is 18.2 Å². The van der Waals surface area contributed by atoms with Crippen molar-refractivity contribution in [1.29, 1.82) is 0 Å². The Morgan fingerprint density at radius 3 is 2.67 bits per heavy atom. The maximum atomic E-state index is 12.4. The molecule has 1 aromatic rings. The quantitative estimate of drug-likeness (QED) is 0.773. The minimum atomic E-state index is -0.555. The molecule has 1 amide bonds. The van der Waals surface area contributed by atoms with Gasteiger partial charge in [0.15, 0.2) is 0 Å². The van der Waals surface area contributed by atoms with Gasteiger partial charge in [-0.25, -0.2) is 9.59 Å². The maximum absolute atomic E-state index is 12.4. The molecule has 132 valence electrons. The van der Waals surface area contributed by atoms with Crippen molar-refractivity contribution in [3.63, 3.8) is 0 Å². The molecule has 0 aromatic heterocycles. The summed E-state index contributed by atoms with van der Waals surface area (Å²) in [6, 6.07) is 4.95. The van der Waals surface area contributed by atoms with E-state index in [1.165, 1.54) is 0 Å². The van der Waals surface area contributed by atoms with Gasteiger partial charge < -0.3 is 14.2 Å². The number of esters is 1. The number of rotatable bonds is 2. The van der Waals surface area contributed by atoms with E-state index >= 15 is 0 Å². The molecule has 0 spiro atoms. The fraction of sp³-hybridized carbons (Fsp3) is 0.556. The Kier molecular flexibility index (Phi) is 5.36. The fourth-order valence-electron chi connectivity index (χ4n) is 2.53. The molecule has 6 nitrogen and oxygen atoms in total. The minimum absolute atomic E-state index is 0.214. The Balaban J connectivity index is 2.25. The molecule has 1 heterocycles. The lowest BCUT2D eigenvalue weighted by molar-refractivity contribution is 0.0167. The first-order valence-electron chi connectivity index (χ1n) is 8.16. The molecule has 0 unspecified atom stereocenters. The van der Waals surface area contributed by atoms with E-state index in [9.17, 15) is 9.59 Å². The molecule has 2 rings (SSSR count). The van der Waals surface area contributed by atoms with Crippen molar-refractivity contribution in [3.05, 3.63) is 29.3 Å². The van der Waals surface area contributed by atoms with Gasteiger partial charge in [-0.05, 0) is 46.8 Å². The highest BCUT2D eigenvalue weighted by atomic mass is 16.6. The Morgan fingerprint density at radius 1 is 1.33 bits per heavy atom. The van der Waals surface area contributed by atoms with E-state index < -0.39 is 5.60 Å². The second-order valence-corrected chi connectivity index (χ2v) is 6.67. The van der Waals surface area contributed by atoms with E-state index in [-0.39, 0.29) is 18.1 Å². The second-order valence-electron chi connectivity index (χ2n) is 6.67. The molecule has 1 aromatic carbocycles. The van der Waals surface area contributed by atoms with E-state index in [1.54, 1.807) is 30.0 Å². The van der Waals surface area contributed by atoms with Crippen LogP contribution in [0.2, 0.25) is 0 Å². The molecular weight excluding hydrogens is 310 g/mol. The largest absolute Gasteiger partial charge is 0.491 e. The first-order chi connectivity index (χ1) is 11.2. The zero-order valence-corrected chi connectivity index (χ0v) is 14.9. The molecule has 0 saturated heterocycles. The zero-order chi connectivity index (χ0) is 17.9. The van der Waals surface area contributed by atoms with Gasteiger partial charge in [0.2, 0.25) is 0 Å². The number of benzene rings is 1. The number of carbonyl (C=O) groups is 2. The summed E-state index contributed by atoms with van der Waals surface area (Å²) in [5.41, 5.74) is 0.723. The highest BCUT2D eigenvalue weighted by Gasteiger charge is 2.30. The zero-order valence-electron chi connectivity index (χ0n) is 14.9. The Bertz CT molecular complexity index is 620. The normalized spacial score (nSPS) is 17.4. The van der Waals surface area contributed by atoms with Gasteiger partial charge in [0.25, 0.3) is 0 Å². The predicted octanol–water partition coefficient (Wildman–Crippen LogP) is 3.55. The van der Waals surface area contributed by atoms with Crippen molar-refractivity contribution in [1.82, 2.24) is 4.90 Å². The van der Waals surface area contributed by atoms with Crippen LogP contribution in [0, 0.1) is 0 Å². The summed E-state index contributed by atoms with van der Waals surface area (Å²) >= 11 is 0. The first kappa shape index (κ1) is 18.1. The van der Waals surface area contributed by atoms with Gasteiger partial charge in [-0.1, -0.05) is 6.07 Å². The lowest BCUT2D eigenvalue weighted by Crippen LogP contribution is -2.39. The molecule has 1 aliphatic heterocycles. The van der Waals surface area contributed by atoms with Gasteiger partial charge in [0, 0.05) is 5.56 Å². The predicted molar refractivity (Wildman–Crippen MR) is 89.2 cm³/mol. The number of amides is 1. The van der Waals surface area contributed by atoms with Crippen molar-refractivity contribution in [2.75, 3.05) is 19.8 Å². The third-order valence-electron chi connectivity index (χ3n) is 3.66. The molecular formula is C18H25NO5. The molecule has 1 aliphatic rings. The van der Waals surface area contributed by atoms with Gasteiger partial charge in [0.05, 0.1) is 24.8 Å². The van der Waals surface area contributed by atoms with E-state index in [4.69, 9.17) is 14.2 Å². The lowest BCUT2D eigenvalue weighted by atomic mass is 10.0. The molecule has 24 heavy (non-hydrogen) atoms. The average molecular weight is 335 g/mol. The molecule has 0 radical (unpaired) electrons. The molecule has 0 fully saturated rings. The van der Waals surface area contributed by atoms with Crippen LogP contribution >= 0.6 is 0 Å². The SMILES string of the molecule is CCOC(=O)c1ccc2c(c1)OCCN(C(=O)OC(C)(C)C)[C@@H]2C. The van der Waals surface area contributed by atoms with Crippen molar-refractivity contribution < 1.29 is 23.8 Å². The van der Waals surface area contributed by atoms with Crippen molar-refractivity contribution in [2.24, 2.45) is 0 Å². The molecule has 0 aliphatic carbocycles. The lowest BCUT2D eigenvalue weighted by Gasteiger charge is -2.30. The van der Waals surface area contributed by atoms with Gasteiger partial charge in [-0.2, -0.15) is 0 Å². The Hall–Kier alpha value is -2.24. The van der Waals surface area contributed by atoms with Gasteiger partial charge in [0.1, 0.15) is 18.0 Å². The molecule has 0 saturated carbocycles. The van der Waals surface area contributed by atoms with Crippen molar-refractivity contribution >= 4 is 12.1 Å². The van der Waals surface area contributed by atoms with E-state index in [0.717, 1.165) is 5.56 Å². The average Bonchev–Trinajstić information content (AvgIpc) is 2.64. The van der Waals surface area contributed by atoms with Crippen LogP contribution < -0.4 is 4.74 Å². The second kappa shape index (κ2) is 7.11. The Morgan fingerprint density at radius 2 is 2.04 bits per heavy atom. The number of hydrogen-bond donors (Lipinski definition) is 0. The number of ether oxygens (including phenoxy) is 3. The van der Waals surface area contributed by atoms with Crippen LogP contribution in [0.25, 0.3) is 0 Å². The van der Waals surface area contributed by atoms with Crippen LogP contribution in [0.1, 0.15) is 56.6 Å². The van der Waals surface area contributed by atoms with E-state index in [0.29, 0.717) is 31.1 Å². The third-order valence-corrected chi connectivity index (χ3v) is 3.66. The van der Waals surface area contributed by atoms with Crippen LogP contribution in [0.3, 0.4) is 0 Å². The fourth-order valence-corrected chi connectivity index (χ4v) is 2.53. The van der Waals surface area contributed by atoms with Crippen LogP contribution in [-0.4, -0.2) is 42.3 Å². The summed E-state index contributed by atoms with van der Waals surface area (Å²) < 4.78 is 16.2. The van der Waals surface area contributed by atoms with Gasteiger partial charge in [-0.3, -0.25) is 4.90 Å².